The largest absolute Gasteiger partial charge is 0.378 e. The summed E-state index contributed by atoms with van der Waals surface area (Å²) in [5, 5.41) is 0. The Kier molecular flexibility index (Phi) is 5.09. The van der Waals surface area contributed by atoms with Crippen molar-refractivity contribution in [3.63, 3.8) is 0 Å². The molecule has 0 spiro atoms. The number of ether oxygens (including phenoxy) is 1. The van der Waals surface area contributed by atoms with Gasteiger partial charge in [-0.05, 0) is 54.0 Å². The zero-order chi connectivity index (χ0) is 17.2. The summed E-state index contributed by atoms with van der Waals surface area (Å²) >= 11 is 0. The summed E-state index contributed by atoms with van der Waals surface area (Å²) in [7, 11) is 0. The maximum absolute atomic E-state index is 12.8. The van der Waals surface area contributed by atoms with Gasteiger partial charge in [0.05, 0.1) is 13.2 Å². The quantitative estimate of drug-likeness (QED) is 0.758. The van der Waals surface area contributed by atoms with E-state index in [1.807, 2.05) is 0 Å². The number of rotatable bonds is 2. The van der Waals surface area contributed by atoms with Gasteiger partial charge in [0.25, 0.3) is 0 Å². The highest BCUT2D eigenvalue weighted by atomic mass is 16.5. The van der Waals surface area contributed by atoms with Crippen molar-refractivity contribution in [3.05, 3.63) is 35.4 Å². The third kappa shape index (κ3) is 3.89. The number of Topliss-reactive ketones (excluding diaryl/α,β-unsaturated/α-hetero) is 1. The number of hydrogen-bond donors (Lipinski definition) is 0. The van der Waals surface area contributed by atoms with E-state index in [1.54, 1.807) is 0 Å². The molecular weight excluding hydrogens is 298 g/mol. The van der Waals surface area contributed by atoms with Crippen molar-refractivity contribution in [2.24, 2.45) is 11.3 Å². The van der Waals surface area contributed by atoms with E-state index in [-0.39, 0.29) is 11.3 Å². The lowest BCUT2D eigenvalue weighted by Gasteiger charge is -2.33. The molecule has 1 atom stereocenters. The van der Waals surface area contributed by atoms with Crippen molar-refractivity contribution in [1.82, 2.24) is 0 Å². The van der Waals surface area contributed by atoms with Crippen LogP contribution in [0.1, 0.15) is 45.6 Å². The smallest absolute Gasteiger partial charge is 0.162 e. The lowest BCUT2D eigenvalue weighted by atomic mass is 9.70. The minimum Gasteiger partial charge on any atom is -0.378 e. The number of carbonyl (C=O) groups excluding carboxylic acids is 1. The lowest BCUT2D eigenvalue weighted by molar-refractivity contribution is -0.123. The molecule has 2 fully saturated rings. The van der Waals surface area contributed by atoms with E-state index in [2.05, 4.69) is 56.0 Å². The van der Waals surface area contributed by atoms with Crippen LogP contribution in [0.3, 0.4) is 0 Å². The highest BCUT2D eigenvalue weighted by molar-refractivity contribution is 6.02. The van der Waals surface area contributed by atoms with Gasteiger partial charge < -0.3 is 9.64 Å². The molecule has 130 valence electrons. The summed E-state index contributed by atoms with van der Waals surface area (Å²) in [6, 6.07) is 8.58. The molecular formula is C21H29NO2. The normalized spacial score (nSPS) is 24.5. The number of benzene rings is 1. The Morgan fingerprint density at radius 2 is 1.79 bits per heavy atom. The van der Waals surface area contributed by atoms with Gasteiger partial charge in [-0.1, -0.05) is 32.9 Å². The van der Waals surface area contributed by atoms with Gasteiger partial charge >= 0.3 is 0 Å². The maximum atomic E-state index is 12.8. The first-order valence-corrected chi connectivity index (χ1v) is 9.13. The van der Waals surface area contributed by atoms with E-state index in [0.29, 0.717) is 5.78 Å². The van der Waals surface area contributed by atoms with Crippen LogP contribution in [-0.2, 0) is 9.53 Å². The Labute approximate surface area is 145 Å². The molecule has 0 amide bonds. The van der Waals surface area contributed by atoms with Crippen LogP contribution in [0.25, 0.3) is 6.08 Å². The molecule has 0 bridgehead atoms. The molecule has 24 heavy (non-hydrogen) atoms. The van der Waals surface area contributed by atoms with Crippen LogP contribution < -0.4 is 4.90 Å². The average Bonchev–Trinajstić information content (AvgIpc) is 2.57. The van der Waals surface area contributed by atoms with E-state index in [0.717, 1.165) is 56.7 Å². The van der Waals surface area contributed by atoms with Crippen molar-refractivity contribution in [3.8, 4) is 0 Å². The zero-order valence-corrected chi connectivity index (χ0v) is 15.2. The van der Waals surface area contributed by atoms with Crippen LogP contribution in [0.5, 0.6) is 0 Å². The monoisotopic (exact) mass is 327 g/mol. The third-order valence-corrected chi connectivity index (χ3v) is 5.23. The molecule has 1 aromatic rings. The van der Waals surface area contributed by atoms with Gasteiger partial charge in [0.2, 0.25) is 0 Å². The van der Waals surface area contributed by atoms with E-state index < -0.39 is 0 Å². The molecule has 3 nitrogen and oxygen atoms in total. The highest BCUT2D eigenvalue weighted by Gasteiger charge is 2.35. The molecule has 3 rings (SSSR count). The van der Waals surface area contributed by atoms with Crippen molar-refractivity contribution in [2.45, 2.75) is 40.0 Å². The first-order valence-electron chi connectivity index (χ1n) is 9.13. The van der Waals surface area contributed by atoms with Gasteiger partial charge in [0.1, 0.15) is 0 Å². The number of anilines is 1. The lowest BCUT2D eigenvalue weighted by Crippen LogP contribution is -2.36. The van der Waals surface area contributed by atoms with Gasteiger partial charge in [0.15, 0.2) is 5.78 Å². The second-order valence-electron chi connectivity index (χ2n) is 8.04. The fraction of sp³-hybridized carbons (Fsp3) is 0.571. The predicted molar refractivity (Wildman–Crippen MR) is 99.3 cm³/mol. The molecule has 0 aromatic heterocycles. The SMILES string of the molecule is CC(C)(C)[C@H]1CCC/C(=C\c2ccc(N3CCOCC3)cc2)C1=O. The number of carbonyl (C=O) groups is 1. The molecule has 2 aliphatic rings. The van der Waals surface area contributed by atoms with Gasteiger partial charge in [0, 0.05) is 24.7 Å². The van der Waals surface area contributed by atoms with Crippen molar-refractivity contribution < 1.29 is 9.53 Å². The van der Waals surface area contributed by atoms with Gasteiger partial charge in [-0.2, -0.15) is 0 Å². The van der Waals surface area contributed by atoms with Crippen LogP contribution in [0.15, 0.2) is 29.8 Å². The second kappa shape index (κ2) is 7.10. The van der Waals surface area contributed by atoms with Gasteiger partial charge in [-0.3, -0.25) is 4.79 Å². The molecule has 3 heteroatoms. The number of hydrogen-bond acceptors (Lipinski definition) is 3. The molecule has 0 radical (unpaired) electrons. The summed E-state index contributed by atoms with van der Waals surface area (Å²) < 4.78 is 5.41. The number of allylic oxidation sites excluding steroid dienone is 1. The Balaban J connectivity index is 1.74. The number of nitrogens with zero attached hydrogens (tertiary/aromatic N) is 1. The Hall–Kier alpha value is -1.61. The maximum Gasteiger partial charge on any atom is 0.162 e. The third-order valence-electron chi connectivity index (χ3n) is 5.23. The van der Waals surface area contributed by atoms with Crippen LogP contribution >= 0.6 is 0 Å². The molecule has 1 saturated heterocycles. The van der Waals surface area contributed by atoms with Crippen molar-refractivity contribution in [1.29, 1.82) is 0 Å². The minimum absolute atomic E-state index is 0.0524. The van der Waals surface area contributed by atoms with Crippen molar-refractivity contribution in [2.75, 3.05) is 31.2 Å². The molecule has 1 saturated carbocycles. The fourth-order valence-electron chi connectivity index (χ4n) is 3.75. The second-order valence-corrected chi connectivity index (χ2v) is 8.04. The van der Waals surface area contributed by atoms with Crippen LogP contribution in [0.2, 0.25) is 0 Å². The zero-order valence-electron chi connectivity index (χ0n) is 15.2. The summed E-state index contributed by atoms with van der Waals surface area (Å²) in [5.74, 6) is 0.510. The summed E-state index contributed by atoms with van der Waals surface area (Å²) in [6.07, 6.45) is 5.15. The Morgan fingerprint density at radius 3 is 2.42 bits per heavy atom. The van der Waals surface area contributed by atoms with Gasteiger partial charge in [-0.15, -0.1) is 0 Å². The molecule has 1 heterocycles. The molecule has 1 aliphatic heterocycles. The van der Waals surface area contributed by atoms with E-state index in [1.165, 1.54) is 5.69 Å². The first kappa shape index (κ1) is 17.2. The topological polar surface area (TPSA) is 29.5 Å². The average molecular weight is 327 g/mol. The van der Waals surface area contributed by atoms with Crippen LogP contribution in [0, 0.1) is 11.3 Å². The minimum atomic E-state index is 0.0524. The van der Waals surface area contributed by atoms with E-state index in [9.17, 15) is 4.79 Å². The predicted octanol–water partition coefficient (Wildman–Crippen LogP) is 4.32. The summed E-state index contributed by atoms with van der Waals surface area (Å²) in [6.45, 7) is 10.0. The van der Waals surface area contributed by atoms with E-state index >= 15 is 0 Å². The molecule has 1 aromatic carbocycles. The van der Waals surface area contributed by atoms with Crippen LogP contribution in [-0.4, -0.2) is 32.1 Å². The number of ketones is 1. The standard InChI is InChI=1S/C21H29NO2/c1-21(2,3)19-6-4-5-17(20(19)23)15-16-7-9-18(10-8-16)22-11-13-24-14-12-22/h7-10,15,19H,4-6,11-14H2,1-3H3/b17-15+/t19-/m0/s1. The Bertz CT molecular complexity index is 604. The molecule has 1 aliphatic carbocycles. The van der Waals surface area contributed by atoms with E-state index in [4.69, 9.17) is 4.74 Å². The highest BCUT2D eigenvalue weighted by Crippen LogP contribution is 2.38. The van der Waals surface area contributed by atoms with Crippen molar-refractivity contribution >= 4 is 17.5 Å². The first-order chi connectivity index (χ1) is 11.4. The Morgan fingerprint density at radius 1 is 1.12 bits per heavy atom. The van der Waals surface area contributed by atoms with Crippen LogP contribution in [0.4, 0.5) is 5.69 Å². The summed E-state index contributed by atoms with van der Waals surface area (Å²) in [5.41, 5.74) is 3.42. The number of morpholine rings is 1. The summed E-state index contributed by atoms with van der Waals surface area (Å²) in [4.78, 5) is 15.1. The molecule has 0 unspecified atom stereocenters. The fourth-order valence-corrected chi connectivity index (χ4v) is 3.75. The van der Waals surface area contributed by atoms with Gasteiger partial charge in [-0.25, -0.2) is 0 Å². The molecule has 0 N–H and O–H groups in total.